The van der Waals surface area contributed by atoms with E-state index < -0.39 is 12.1 Å². The van der Waals surface area contributed by atoms with E-state index in [1.807, 2.05) is 18.2 Å². The van der Waals surface area contributed by atoms with Crippen molar-refractivity contribution in [3.63, 3.8) is 0 Å². The molecule has 0 radical (unpaired) electrons. The summed E-state index contributed by atoms with van der Waals surface area (Å²) in [7, 11) is 0. The van der Waals surface area contributed by atoms with E-state index in [1.54, 1.807) is 19.9 Å². The lowest BCUT2D eigenvalue weighted by Gasteiger charge is -2.11. The third-order valence-corrected chi connectivity index (χ3v) is 2.63. The van der Waals surface area contributed by atoms with E-state index >= 15 is 0 Å². The summed E-state index contributed by atoms with van der Waals surface area (Å²) in [6, 6.07) is 7.36. The lowest BCUT2D eigenvalue weighted by Crippen LogP contribution is -2.18. The van der Waals surface area contributed by atoms with Gasteiger partial charge in [0, 0.05) is 11.9 Å². The number of ether oxygens (including phenoxy) is 1. The Hall–Kier alpha value is -2.21. The largest absolute Gasteiger partial charge is 0.460 e. The molecule has 2 N–H and O–H groups in total. The van der Waals surface area contributed by atoms with Crippen molar-refractivity contribution in [1.29, 1.82) is 0 Å². The Balaban J connectivity index is 2.43. The van der Waals surface area contributed by atoms with Gasteiger partial charge in [0.15, 0.2) is 0 Å². The van der Waals surface area contributed by atoms with Gasteiger partial charge in [-0.1, -0.05) is 12.1 Å². The third-order valence-electron chi connectivity index (χ3n) is 2.63. The monoisotopic (exact) mass is 275 g/mol. The highest BCUT2D eigenvalue weighted by atomic mass is 16.5. The molecule has 0 saturated carbocycles. The second kappa shape index (κ2) is 6.29. The van der Waals surface area contributed by atoms with Gasteiger partial charge in [0.2, 0.25) is 5.82 Å². The van der Waals surface area contributed by atoms with Gasteiger partial charge in [-0.25, -0.2) is 14.8 Å². The molecule has 0 fully saturated rings. The molecule has 1 heterocycles. The number of benzene rings is 1. The number of carbonyl (C=O) groups is 1. The van der Waals surface area contributed by atoms with Gasteiger partial charge in [-0.3, -0.25) is 0 Å². The molecule has 0 amide bonds. The first kappa shape index (κ1) is 14.2. The number of aliphatic hydroxyl groups is 1. The SMILES string of the molecule is CCOC(=O)c1nc(NCC(C)O)c2ccccc2n1. The van der Waals surface area contributed by atoms with Crippen molar-refractivity contribution in [2.24, 2.45) is 0 Å². The fourth-order valence-corrected chi connectivity index (χ4v) is 1.74. The summed E-state index contributed by atoms with van der Waals surface area (Å²) in [4.78, 5) is 20.1. The molecule has 0 spiro atoms. The fraction of sp³-hybridized carbons (Fsp3) is 0.357. The fourth-order valence-electron chi connectivity index (χ4n) is 1.74. The van der Waals surface area contributed by atoms with Crippen LogP contribution in [0.4, 0.5) is 5.82 Å². The Bertz CT molecular complexity index is 614. The minimum absolute atomic E-state index is 0.0126. The lowest BCUT2D eigenvalue weighted by molar-refractivity contribution is 0.0512. The first-order chi connectivity index (χ1) is 9.61. The topological polar surface area (TPSA) is 84.3 Å². The van der Waals surface area contributed by atoms with Crippen molar-refractivity contribution < 1.29 is 14.6 Å². The predicted octanol–water partition coefficient (Wildman–Crippen LogP) is 1.60. The number of para-hydroxylation sites is 1. The molecular formula is C14H17N3O3. The van der Waals surface area contributed by atoms with Gasteiger partial charge in [0.25, 0.3) is 0 Å². The van der Waals surface area contributed by atoms with Crippen LogP contribution in [0.15, 0.2) is 24.3 Å². The summed E-state index contributed by atoms with van der Waals surface area (Å²) < 4.78 is 4.92. The number of fused-ring (bicyclic) bond motifs is 1. The number of hydrogen-bond acceptors (Lipinski definition) is 6. The van der Waals surface area contributed by atoms with Crippen LogP contribution in [0.5, 0.6) is 0 Å². The maximum absolute atomic E-state index is 11.8. The molecule has 1 aromatic carbocycles. The minimum Gasteiger partial charge on any atom is -0.460 e. The van der Waals surface area contributed by atoms with Crippen LogP contribution in [0.1, 0.15) is 24.5 Å². The zero-order valence-electron chi connectivity index (χ0n) is 11.5. The molecule has 1 aromatic heterocycles. The smallest absolute Gasteiger partial charge is 0.376 e. The van der Waals surface area contributed by atoms with Gasteiger partial charge < -0.3 is 15.2 Å². The molecule has 0 aliphatic heterocycles. The van der Waals surface area contributed by atoms with Gasteiger partial charge in [-0.2, -0.15) is 0 Å². The van der Waals surface area contributed by atoms with Crippen LogP contribution in [0.3, 0.4) is 0 Å². The Morgan fingerprint density at radius 1 is 1.40 bits per heavy atom. The van der Waals surface area contributed by atoms with Crippen molar-refractivity contribution in [3.8, 4) is 0 Å². The zero-order valence-corrected chi connectivity index (χ0v) is 11.5. The number of nitrogens with one attached hydrogen (secondary N) is 1. The normalized spacial score (nSPS) is 12.2. The van der Waals surface area contributed by atoms with E-state index in [0.29, 0.717) is 17.9 Å². The minimum atomic E-state index is -0.557. The van der Waals surface area contributed by atoms with Crippen LogP contribution < -0.4 is 5.32 Å². The van der Waals surface area contributed by atoms with Gasteiger partial charge in [0.05, 0.1) is 18.2 Å². The summed E-state index contributed by atoms with van der Waals surface area (Å²) >= 11 is 0. The molecule has 1 atom stereocenters. The number of nitrogens with zero attached hydrogens (tertiary/aromatic N) is 2. The molecule has 1 unspecified atom stereocenters. The Morgan fingerprint density at radius 2 is 2.15 bits per heavy atom. The van der Waals surface area contributed by atoms with Gasteiger partial charge >= 0.3 is 5.97 Å². The van der Waals surface area contributed by atoms with Crippen LogP contribution in [-0.2, 0) is 4.74 Å². The number of aromatic nitrogens is 2. The zero-order chi connectivity index (χ0) is 14.5. The van der Waals surface area contributed by atoms with E-state index in [0.717, 1.165) is 5.39 Å². The summed E-state index contributed by atoms with van der Waals surface area (Å²) in [5.74, 6) is -0.0310. The maximum atomic E-state index is 11.8. The molecular weight excluding hydrogens is 258 g/mol. The van der Waals surface area contributed by atoms with E-state index in [9.17, 15) is 9.90 Å². The standard InChI is InChI=1S/C14H17N3O3/c1-3-20-14(19)13-16-11-7-5-4-6-10(11)12(17-13)15-8-9(2)18/h4-7,9,18H,3,8H2,1-2H3,(H,15,16,17). The number of aliphatic hydroxyl groups excluding tert-OH is 1. The maximum Gasteiger partial charge on any atom is 0.376 e. The van der Waals surface area contributed by atoms with E-state index in [-0.39, 0.29) is 12.4 Å². The van der Waals surface area contributed by atoms with Crippen molar-refractivity contribution in [1.82, 2.24) is 9.97 Å². The highest BCUT2D eigenvalue weighted by Crippen LogP contribution is 2.20. The summed E-state index contributed by atoms with van der Waals surface area (Å²) in [5.41, 5.74) is 0.652. The average molecular weight is 275 g/mol. The summed E-state index contributed by atoms with van der Waals surface area (Å²) in [5, 5.41) is 13.2. The molecule has 6 nitrogen and oxygen atoms in total. The molecule has 106 valence electrons. The van der Waals surface area contributed by atoms with E-state index in [4.69, 9.17) is 4.74 Å². The summed E-state index contributed by atoms with van der Waals surface area (Å²) in [6.07, 6.45) is -0.519. The van der Waals surface area contributed by atoms with E-state index in [2.05, 4.69) is 15.3 Å². The Kier molecular flexibility index (Phi) is 4.47. The predicted molar refractivity (Wildman–Crippen MR) is 75.7 cm³/mol. The second-order valence-corrected chi connectivity index (χ2v) is 4.36. The van der Waals surface area contributed by atoms with Crippen LogP contribution in [0.2, 0.25) is 0 Å². The molecule has 0 bridgehead atoms. The van der Waals surface area contributed by atoms with Crippen molar-refractivity contribution in [3.05, 3.63) is 30.1 Å². The first-order valence-corrected chi connectivity index (χ1v) is 6.47. The highest BCUT2D eigenvalue weighted by Gasteiger charge is 2.14. The Morgan fingerprint density at radius 3 is 2.85 bits per heavy atom. The molecule has 0 saturated heterocycles. The van der Waals surface area contributed by atoms with Gasteiger partial charge in [-0.15, -0.1) is 0 Å². The van der Waals surface area contributed by atoms with Crippen molar-refractivity contribution in [2.75, 3.05) is 18.5 Å². The summed E-state index contributed by atoms with van der Waals surface area (Å²) in [6.45, 7) is 4.00. The highest BCUT2D eigenvalue weighted by molar-refractivity contribution is 5.94. The number of anilines is 1. The van der Waals surface area contributed by atoms with Gasteiger partial charge in [-0.05, 0) is 26.0 Å². The van der Waals surface area contributed by atoms with Gasteiger partial charge in [0.1, 0.15) is 5.82 Å². The molecule has 20 heavy (non-hydrogen) atoms. The molecule has 2 rings (SSSR count). The quantitative estimate of drug-likeness (QED) is 0.806. The van der Waals surface area contributed by atoms with Crippen LogP contribution in [0, 0.1) is 0 Å². The Labute approximate surface area is 116 Å². The number of carbonyl (C=O) groups excluding carboxylic acids is 1. The molecule has 0 aliphatic rings. The lowest BCUT2D eigenvalue weighted by atomic mass is 10.2. The van der Waals surface area contributed by atoms with Crippen LogP contribution in [-0.4, -0.2) is 40.3 Å². The molecule has 6 heteroatoms. The van der Waals surface area contributed by atoms with E-state index in [1.165, 1.54) is 0 Å². The van der Waals surface area contributed by atoms with Crippen molar-refractivity contribution in [2.45, 2.75) is 20.0 Å². The molecule has 0 aliphatic carbocycles. The average Bonchev–Trinajstić information content (AvgIpc) is 2.44. The van der Waals surface area contributed by atoms with Crippen molar-refractivity contribution >= 4 is 22.7 Å². The first-order valence-electron chi connectivity index (χ1n) is 6.47. The van der Waals surface area contributed by atoms with Crippen LogP contribution >= 0.6 is 0 Å². The second-order valence-electron chi connectivity index (χ2n) is 4.36. The molecule has 2 aromatic rings. The number of esters is 1. The number of rotatable bonds is 5. The number of hydrogen-bond donors (Lipinski definition) is 2. The van der Waals surface area contributed by atoms with Crippen LogP contribution in [0.25, 0.3) is 10.9 Å². The third kappa shape index (κ3) is 3.21.